The van der Waals surface area contributed by atoms with E-state index in [4.69, 9.17) is 44.5 Å². The molecule has 4 heterocycles. The number of halogens is 1. The minimum absolute atomic E-state index is 0.00855. The molecular formula is C30H39ClN5O10P. The zero-order valence-corrected chi connectivity index (χ0v) is 28.8. The van der Waals surface area contributed by atoms with Gasteiger partial charge in [0.2, 0.25) is 18.5 Å². The SMILES string of the molecule is CCOC(=O)C(OC[C@H]1O[C@@H](n2cnc3c(NC(=O)OC(C)(C)C)nc(Cl)nc32)[C@@H]2OC(C)(C)O[C@@H]21)P(C)(=O)OCc1ccccc1. The first-order valence-electron chi connectivity index (χ1n) is 15.0. The zero-order valence-electron chi connectivity index (χ0n) is 27.2. The molecule has 0 aliphatic carbocycles. The van der Waals surface area contributed by atoms with E-state index >= 15 is 0 Å². The van der Waals surface area contributed by atoms with Gasteiger partial charge in [0.1, 0.15) is 23.9 Å². The third-order valence-electron chi connectivity index (χ3n) is 7.08. The van der Waals surface area contributed by atoms with Crippen LogP contribution in [0.1, 0.15) is 53.3 Å². The number of anilines is 1. The maximum Gasteiger partial charge on any atom is 0.413 e. The molecule has 2 aliphatic rings. The van der Waals surface area contributed by atoms with E-state index in [9.17, 15) is 14.2 Å². The number of imidazole rings is 1. The van der Waals surface area contributed by atoms with E-state index in [0.717, 1.165) is 5.56 Å². The van der Waals surface area contributed by atoms with Crippen LogP contribution in [0.5, 0.6) is 0 Å². The summed E-state index contributed by atoms with van der Waals surface area (Å²) in [5.74, 6) is -3.30. The fraction of sp³-hybridized carbons (Fsp3) is 0.567. The van der Waals surface area contributed by atoms with Gasteiger partial charge in [-0.1, -0.05) is 30.3 Å². The molecule has 0 radical (unpaired) electrons. The first-order valence-corrected chi connectivity index (χ1v) is 17.5. The van der Waals surface area contributed by atoms with Gasteiger partial charge in [-0.15, -0.1) is 0 Å². The maximum absolute atomic E-state index is 13.7. The number of hydrogen-bond donors (Lipinski definition) is 1. The van der Waals surface area contributed by atoms with Gasteiger partial charge >= 0.3 is 12.1 Å². The van der Waals surface area contributed by atoms with E-state index in [2.05, 4.69) is 20.3 Å². The summed E-state index contributed by atoms with van der Waals surface area (Å²) in [4.78, 5) is 38.3. The Morgan fingerprint density at radius 1 is 1.15 bits per heavy atom. The quantitative estimate of drug-likeness (QED) is 0.156. The van der Waals surface area contributed by atoms with Crippen LogP contribution in [0, 0.1) is 0 Å². The number of fused-ring (bicyclic) bond motifs is 2. The van der Waals surface area contributed by atoms with Crippen molar-refractivity contribution in [2.24, 2.45) is 0 Å². The summed E-state index contributed by atoms with van der Waals surface area (Å²) in [6.07, 6.45) is -2.31. The van der Waals surface area contributed by atoms with Gasteiger partial charge < -0.3 is 32.9 Å². The molecule has 47 heavy (non-hydrogen) atoms. The molecule has 0 spiro atoms. The molecule has 1 N–H and O–H groups in total. The second-order valence-electron chi connectivity index (χ2n) is 12.5. The molecule has 5 rings (SSSR count). The highest BCUT2D eigenvalue weighted by Crippen LogP contribution is 2.51. The molecular weight excluding hydrogens is 657 g/mol. The minimum atomic E-state index is -3.71. The summed E-state index contributed by atoms with van der Waals surface area (Å²) in [6, 6.07) is 9.15. The lowest BCUT2D eigenvalue weighted by Gasteiger charge is -2.27. The third kappa shape index (κ3) is 8.29. The molecule has 0 saturated carbocycles. The highest BCUT2D eigenvalue weighted by Gasteiger charge is 2.57. The second kappa shape index (κ2) is 13.7. The van der Waals surface area contributed by atoms with Crippen molar-refractivity contribution in [2.75, 3.05) is 25.2 Å². The molecule has 2 fully saturated rings. The number of carbonyl (C=O) groups is 2. The highest BCUT2D eigenvalue weighted by atomic mass is 35.5. The highest BCUT2D eigenvalue weighted by molar-refractivity contribution is 7.59. The van der Waals surface area contributed by atoms with Crippen LogP contribution in [0.3, 0.4) is 0 Å². The Labute approximate surface area is 277 Å². The summed E-state index contributed by atoms with van der Waals surface area (Å²) >= 11 is 6.25. The number of carbonyl (C=O) groups excluding carboxylic acids is 2. The molecule has 2 aliphatic heterocycles. The summed E-state index contributed by atoms with van der Waals surface area (Å²) < 4.78 is 56.4. The van der Waals surface area contributed by atoms with E-state index < -0.39 is 61.2 Å². The Morgan fingerprint density at radius 3 is 2.53 bits per heavy atom. The Morgan fingerprint density at radius 2 is 1.85 bits per heavy atom. The number of ether oxygens (including phenoxy) is 6. The average Bonchev–Trinajstić information content (AvgIpc) is 3.62. The summed E-state index contributed by atoms with van der Waals surface area (Å²) in [5, 5.41) is 2.41. The smallest absolute Gasteiger partial charge is 0.413 e. The van der Waals surface area contributed by atoms with Crippen LogP contribution >= 0.6 is 19.0 Å². The minimum Gasteiger partial charge on any atom is -0.464 e. The van der Waals surface area contributed by atoms with Crippen molar-refractivity contribution in [3.05, 3.63) is 47.5 Å². The molecule has 1 aromatic carbocycles. The van der Waals surface area contributed by atoms with Gasteiger partial charge in [-0.05, 0) is 58.7 Å². The third-order valence-corrected chi connectivity index (χ3v) is 9.10. The molecule has 2 unspecified atom stereocenters. The van der Waals surface area contributed by atoms with Gasteiger partial charge in [-0.3, -0.25) is 14.4 Å². The standard InChI is InChI=1S/C30H39ClN5O10P/c1-8-40-25(37)26(47(7,39)42-14-17-12-10-9-11-13-17)41-15-18-20-21(45-30(5,6)44-20)24(43-18)36-16-32-19-22(33-27(31)35-23(19)36)34-28(38)46-29(2,3)4/h9-13,16,18,20-21,24,26H,8,14-15H2,1-7H3,(H,33,34,35,38)/t18-,20-,21-,24-,26?,47?/m1/s1. The van der Waals surface area contributed by atoms with E-state index in [1.54, 1.807) is 46.1 Å². The number of nitrogens with one attached hydrogen (secondary N) is 1. The predicted molar refractivity (Wildman–Crippen MR) is 169 cm³/mol. The molecule has 3 aromatic rings. The van der Waals surface area contributed by atoms with Crippen molar-refractivity contribution in [1.82, 2.24) is 19.5 Å². The largest absolute Gasteiger partial charge is 0.464 e. The van der Waals surface area contributed by atoms with Gasteiger partial charge in [0, 0.05) is 6.66 Å². The van der Waals surface area contributed by atoms with E-state index in [1.165, 1.54) is 13.0 Å². The molecule has 256 valence electrons. The van der Waals surface area contributed by atoms with E-state index in [0.29, 0.717) is 0 Å². The van der Waals surface area contributed by atoms with Crippen molar-refractivity contribution in [2.45, 2.75) is 89.9 Å². The molecule has 0 bridgehead atoms. The first-order chi connectivity index (χ1) is 22.1. The van der Waals surface area contributed by atoms with Crippen LogP contribution < -0.4 is 5.32 Å². The number of benzene rings is 1. The van der Waals surface area contributed by atoms with Crippen LogP contribution in [-0.4, -0.2) is 87.0 Å². The van der Waals surface area contributed by atoms with Crippen molar-refractivity contribution in [3.63, 3.8) is 0 Å². The van der Waals surface area contributed by atoms with E-state index in [-0.39, 0.29) is 42.1 Å². The Balaban J connectivity index is 1.38. The Kier molecular flexibility index (Phi) is 10.3. The van der Waals surface area contributed by atoms with Crippen molar-refractivity contribution >= 4 is 48.0 Å². The van der Waals surface area contributed by atoms with Gasteiger partial charge in [0.25, 0.3) is 0 Å². The number of esters is 1. The topological polar surface area (TPSA) is 171 Å². The second-order valence-corrected chi connectivity index (χ2v) is 15.4. The fourth-order valence-corrected chi connectivity index (χ4v) is 6.74. The predicted octanol–water partition coefficient (Wildman–Crippen LogP) is 5.27. The van der Waals surface area contributed by atoms with Gasteiger partial charge in [0.15, 0.2) is 29.0 Å². The number of nitrogens with zero attached hydrogens (tertiary/aromatic N) is 4. The van der Waals surface area contributed by atoms with Crippen LogP contribution in [-0.2, 0) is 48.9 Å². The van der Waals surface area contributed by atoms with Crippen molar-refractivity contribution < 1.29 is 47.1 Å². The summed E-state index contributed by atoms with van der Waals surface area (Å²) in [5.41, 5.74) is 0.498. The Bertz CT molecular complexity index is 1650. The Hall–Kier alpha value is -3.17. The lowest BCUT2D eigenvalue weighted by atomic mass is 10.1. The number of amides is 1. The van der Waals surface area contributed by atoms with Crippen LogP contribution in [0.25, 0.3) is 11.2 Å². The lowest BCUT2D eigenvalue weighted by molar-refractivity contribution is -0.203. The molecule has 2 aromatic heterocycles. The maximum atomic E-state index is 13.7. The molecule has 17 heteroatoms. The van der Waals surface area contributed by atoms with Gasteiger partial charge in [0.05, 0.1) is 26.1 Å². The van der Waals surface area contributed by atoms with E-state index in [1.807, 2.05) is 30.3 Å². The van der Waals surface area contributed by atoms with Gasteiger partial charge in [-0.2, -0.15) is 9.97 Å². The summed E-state index contributed by atoms with van der Waals surface area (Å²) in [7, 11) is -3.71. The van der Waals surface area contributed by atoms with Crippen molar-refractivity contribution in [1.29, 1.82) is 0 Å². The molecule has 2 saturated heterocycles. The normalized spacial score (nSPS) is 24.0. The first kappa shape index (κ1) is 35.1. The number of aromatic nitrogens is 4. The average molecular weight is 696 g/mol. The van der Waals surface area contributed by atoms with Crippen LogP contribution in [0.4, 0.5) is 10.6 Å². The molecule has 6 atom stereocenters. The van der Waals surface area contributed by atoms with Crippen LogP contribution in [0.15, 0.2) is 36.7 Å². The number of rotatable bonds is 11. The lowest BCUT2D eigenvalue weighted by Crippen LogP contribution is -2.36. The van der Waals surface area contributed by atoms with Crippen molar-refractivity contribution in [3.8, 4) is 0 Å². The summed E-state index contributed by atoms with van der Waals surface area (Å²) in [6.45, 7) is 11.5. The number of hydrogen-bond acceptors (Lipinski definition) is 13. The van der Waals surface area contributed by atoms with Gasteiger partial charge in [-0.25, -0.2) is 14.6 Å². The molecule has 1 amide bonds. The van der Waals surface area contributed by atoms with Crippen LogP contribution in [0.2, 0.25) is 5.28 Å². The monoisotopic (exact) mass is 695 g/mol. The molecule has 15 nitrogen and oxygen atoms in total. The zero-order chi connectivity index (χ0) is 34.1. The fourth-order valence-electron chi connectivity index (χ4n) is 5.22.